The molecule has 1 aromatic carbocycles. The van der Waals surface area contributed by atoms with Crippen LogP contribution in [0.15, 0.2) is 35.3 Å². The van der Waals surface area contributed by atoms with E-state index in [1.54, 1.807) is 4.90 Å². The predicted octanol–water partition coefficient (Wildman–Crippen LogP) is 1.52. The number of hydrogen-bond donors (Lipinski definition) is 2. The van der Waals surface area contributed by atoms with E-state index >= 15 is 0 Å². The molecule has 1 fully saturated rings. The van der Waals surface area contributed by atoms with Gasteiger partial charge >= 0.3 is 0 Å². The van der Waals surface area contributed by atoms with Crippen molar-refractivity contribution >= 4 is 11.8 Å². The smallest absolute Gasteiger partial charge is 0.276 e. The van der Waals surface area contributed by atoms with Crippen LogP contribution < -0.4 is 10.7 Å². The molecule has 164 valence electrons. The van der Waals surface area contributed by atoms with E-state index in [1.807, 2.05) is 20.8 Å². The first-order valence-corrected chi connectivity index (χ1v) is 10.3. The summed E-state index contributed by atoms with van der Waals surface area (Å²) in [6.07, 6.45) is 1.13. The molecule has 2 aliphatic heterocycles. The van der Waals surface area contributed by atoms with Crippen LogP contribution in [0.4, 0.5) is 4.39 Å². The fourth-order valence-electron chi connectivity index (χ4n) is 4.41. The molecule has 9 heteroatoms. The van der Waals surface area contributed by atoms with E-state index in [0.29, 0.717) is 18.7 Å². The molecular formula is C22H25FN4O4. The molecule has 2 amide bonds. The van der Waals surface area contributed by atoms with E-state index in [0.717, 1.165) is 0 Å². The normalized spacial score (nSPS) is 20.7. The van der Waals surface area contributed by atoms with Crippen LogP contribution in [0.3, 0.4) is 0 Å². The van der Waals surface area contributed by atoms with E-state index in [-0.39, 0.29) is 41.9 Å². The molecule has 31 heavy (non-hydrogen) atoms. The van der Waals surface area contributed by atoms with Gasteiger partial charge in [0.05, 0.1) is 6.54 Å². The lowest BCUT2D eigenvalue weighted by Gasteiger charge is -2.38. The molecule has 1 unspecified atom stereocenters. The second-order valence-corrected chi connectivity index (χ2v) is 8.36. The number of nitrogens with zero attached hydrogens (tertiary/aromatic N) is 3. The van der Waals surface area contributed by atoms with Crippen LogP contribution in [-0.4, -0.2) is 56.1 Å². The van der Waals surface area contributed by atoms with Gasteiger partial charge in [0.2, 0.25) is 5.43 Å². The minimum absolute atomic E-state index is 0.0539. The Labute approximate surface area is 178 Å². The molecule has 1 aromatic heterocycles. The van der Waals surface area contributed by atoms with Gasteiger partial charge in [-0.1, -0.05) is 12.1 Å². The number of hydrogen-bond acceptors (Lipinski definition) is 5. The van der Waals surface area contributed by atoms with Gasteiger partial charge in [-0.05, 0) is 38.5 Å². The standard InChI is InChI=1S/C22H25FN4O4/c1-12(2)26-9-13(3)27-17(26)11-25-10-16(19(28)20(29)18(25)22(27)31)21(30)24-8-14-4-6-15(23)7-5-14/h4-7,10,12-13,17,29H,8-9,11H2,1-3H3,(H,24,30)/t13-,17?/m1/s1. The van der Waals surface area contributed by atoms with E-state index in [1.165, 1.54) is 35.0 Å². The molecule has 2 N–H and O–H groups in total. The maximum absolute atomic E-state index is 13.1. The third-order valence-corrected chi connectivity index (χ3v) is 5.98. The predicted molar refractivity (Wildman–Crippen MR) is 111 cm³/mol. The van der Waals surface area contributed by atoms with Gasteiger partial charge in [-0.3, -0.25) is 19.3 Å². The highest BCUT2D eigenvalue weighted by atomic mass is 19.1. The van der Waals surface area contributed by atoms with Crippen LogP contribution in [-0.2, 0) is 13.1 Å². The summed E-state index contributed by atoms with van der Waals surface area (Å²) < 4.78 is 14.5. The Balaban J connectivity index is 1.64. The number of pyridine rings is 1. The van der Waals surface area contributed by atoms with Crippen molar-refractivity contribution in [3.63, 3.8) is 0 Å². The highest BCUT2D eigenvalue weighted by Gasteiger charge is 2.46. The number of aromatic nitrogens is 1. The highest BCUT2D eigenvalue weighted by Crippen LogP contribution is 2.32. The number of rotatable bonds is 4. The minimum Gasteiger partial charge on any atom is -0.503 e. The number of benzene rings is 1. The summed E-state index contributed by atoms with van der Waals surface area (Å²) in [4.78, 5) is 42.3. The van der Waals surface area contributed by atoms with Crippen LogP contribution in [0, 0.1) is 5.82 Å². The Bertz CT molecular complexity index is 1100. The van der Waals surface area contributed by atoms with Crippen LogP contribution in [0.2, 0.25) is 0 Å². The van der Waals surface area contributed by atoms with Crippen LogP contribution in [0.5, 0.6) is 5.75 Å². The monoisotopic (exact) mass is 428 g/mol. The number of carbonyl (C=O) groups excluding carboxylic acids is 2. The average molecular weight is 428 g/mol. The SMILES string of the molecule is CC(C)N1C[C@@H](C)N2C(=O)c3c(O)c(=O)c(C(=O)NCc4ccc(F)cc4)cn3CC12. The maximum atomic E-state index is 13.1. The molecule has 8 nitrogen and oxygen atoms in total. The van der Waals surface area contributed by atoms with Crippen molar-refractivity contribution in [2.45, 2.75) is 52.1 Å². The van der Waals surface area contributed by atoms with Gasteiger partial charge in [-0.25, -0.2) is 4.39 Å². The summed E-state index contributed by atoms with van der Waals surface area (Å²) in [7, 11) is 0. The van der Waals surface area contributed by atoms with Crippen molar-refractivity contribution in [3.05, 3.63) is 63.3 Å². The van der Waals surface area contributed by atoms with Gasteiger partial charge in [-0.2, -0.15) is 0 Å². The lowest BCUT2D eigenvalue weighted by molar-refractivity contribution is 0.0404. The molecule has 0 saturated carbocycles. The Kier molecular flexibility index (Phi) is 5.30. The number of aromatic hydroxyl groups is 1. The Morgan fingerprint density at radius 1 is 1.23 bits per heavy atom. The Morgan fingerprint density at radius 2 is 1.90 bits per heavy atom. The van der Waals surface area contributed by atoms with Crippen molar-refractivity contribution in [1.82, 2.24) is 19.7 Å². The fourth-order valence-corrected chi connectivity index (χ4v) is 4.41. The van der Waals surface area contributed by atoms with E-state index in [2.05, 4.69) is 10.2 Å². The van der Waals surface area contributed by atoms with Crippen molar-refractivity contribution in [3.8, 4) is 5.75 Å². The zero-order chi connectivity index (χ0) is 22.4. The first-order chi connectivity index (χ1) is 14.7. The number of amides is 2. The van der Waals surface area contributed by atoms with Crippen molar-refractivity contribution in [2.75, 3.05) is 6.54 Å². The summed E-state index contributed by atoms with van der Waals surface area (Å²) in [5.41, 5.74) is -0.557. The molecule has 0 bridgehead atoms. The lowest BCUT2D eigenvalue weighted by atomic mass is 10.1. The van der Waals surface area contributed by atoms with Gasteiger partial charge in [0.15, 0.2) is 11.4 Å². The van der Waals surface area contributed by atoms with Crippen molar-refractivity contribution < 1.29 is 19.1 Å². The first kappa shape index (κ1) is 21.0. The quantitative estimate of drug-likeness (QED) is 0.770. The number of carbonyl (C=O) groups is 2. The Hall–Kier alpha value is -3.20. The molecule has 2 atom stereocenters. The second-order valence-electron chi connectivity index (χ2n) is 8.36. The maximum Gasteiger partial charge on any atom is 0.276 e. The largest absolute Gasteiger partial charge is 0.503 e. The lowest BCUT2D eigenvalue weighted by Crippen LogP contribution is -2.53. The molecule has 3 heterocycles. The number of fused-ring (bicyclic) bond motifs is 2. The number of nitrogens with one attached hydrogen (secondary N) is 1. The molecule has 4 rings (SSSR count). The summed E-state index contributed by atoms with van der Waals surface area (Å²) in [5.74, 6) is -2.19. The van der Waals surface area contributed by atoms with Crippen molar-refractivity contribution in [2.24, 2.45) is 0 Å². The topological polar surface area (TPSA) is 94.9 Å². The van der Waals surface area contributed by atoms with Gasteiger partial charge < -0.3 is 19.9 Å². The molecule has 2 aliphatic rings. The fraction of sp³-hybridized carbons (Fsp3) is 0.409. The third-order valence-electron chi connectivity index (χ3n) is 5.98. The number of halogens is 1. The molecule has 0 aliphatic carbocycles. The van der Waals surface area contributed by atoms with Crippen LogP contribution in [0.25, 0.3) is 0 Å². The first-order valence-electron chi connectivity index (χ1n) is 10.3. The Morgan fingerprint density at radius 3 is 2.55 bits per heavy atom. The zero-order valence-electron chi connectivity index (χ0n) is 17.6. The highest BCUT2D eigenvalue weighted by molar-refractivity contribution is 5.99. The molecular weight excluding hydrogens is 403 g/mol. The average Bonchev–Trinajstić information content (AvgIpc) is 3.06. The van der Waals surface area contributed by atoms with Crippen molar-refractivity contribution in [1.29, 1.82) is 0 Å². The van der Waals surface area contributed by atoms with Crippen LogP contribution in [0.1, 0.15) is 47.2 Å². The molecule has 2 aromatic rings. The summed E-state index contributed by atoms with van der Waals surface area (Å²) >= 11 is 0. The summed E-state index contributed by atoms with van der Waals surface area (Å²) in [6, 6.07) is 5.77. The zero-order valence-corrected chi connectivity index (χ0v) is 17.6. The summed E-state index contributed by atoms with van der Waals surface area (Å²) in [6.45, 7) is 7.17. The van der Waals surface area contributed by atoms with E-state index in [4.69, 9.17) is 0 Å². The van der Waals surface area contributed by atoms with E-state index in [9.17, 15) is 23.9 Å². The van der Waals surface area contributed by atoms with Crippen LogP contribution >= 0.6 is 0 Å². The molecule has 0 radical (unpaired) electrons. The molecule has 1 saturated heterocycles. The molecule has 0 spiro atoms. The summed E-state index contributed by atoms with van der Waals surface area (Å²) in [5, 5.41) is 13.1. The van der Waals surface area contributed by atoms with Gasteiger partial charge in [0.1, 0.15) is 17.5 Å². The third kappa shape index (κ3) is 3.59. The van der Waals surface area contributed by atoms with Gasteiger partial charge in [-0.15, -0.1) is 0 Å². The second kappa shape index (κ2) is 7.81. The minimum atomic E-state index is -0.887. The van der Waals surface area contributed by atoms with E-state index < -0.39 is 23.0 Å². The van der Waals surface area contributed by atoms with Gasteiger partial charge in [0.25, 0.3) is 11.8 Å². The van der Waals surface area contributed by atoms with Gasteiger partial charge in [0, 0.05) is 31.4 Å².